The van der Waals surface area contributed by atoms with Crippen molar-refractivity contribution in [1.29, 1.82) is 0 Å². The number of nitrogens with zero attached hydrogens (tertiary/aromatic N) is 3. The second-order valence-electron chi connectivity index (χ2n) is 7.09. The van der Waals surface area contributed by atoms with E-state index in [4.69, 9.17) is 9.72 Å². The van der Waals surface area contributed by atoms with Crippen LogP contribution in [-0.4, -0.2) is 41.1 Å². The molecule has 0 N–H and O–H groups in total. The molecule has 0 aromatic carbocycles. The zero-order chi connectivity index (χ0) is 16.3. The van der Waals surface area contributed by atoms with Crippen molar-refractivity contribution in [3.05, 3.63) is 46.2 Å². The van der Waals surface area contributed by atoms with Crippen LogP contribution in [0.2, 0.25) is 0 Å². The van der Waals surface area contributed by atoms with Crippen LogP contribution in [0.25, 0.3) is 0 Å². The average Bonchev–Trinajstić information content (AvgIpc) is 3.05. The van der Waals surface area contributed by atoms with Gasteiger partial charge in [0.2, 0.25) is 0 Å². The van der Waals surface area contributed by atoms with E-state index in [-0.39, 0.29) is 11.5 Å². The second-order valence-corrected chi connectivity index (χ2v) is 7.98. The van der Waals surface area contributed by atoms with E-state index in [0.717, 1.165) is 43.4 Å². The second kappa shape index (κ2) is 7.07. The maximum Gasteiger partial charge on any atom is 0.123 e. The summed E-state index contributed by atoms with van der Waals surface area (Å²) in [7, 11) is 0. The Morgan fingerprint density at radius 3 is 2.96 bits per heavy atom. The predicted octanol–water partition coefficient (Wildman–Crippen LogP) is 3.45. The average molecular weight is 331 g/mol. The van der Waals surface area contributed by atoms with Crippen LogP contribution in [-0.2, 0) is 16.6 Å². The Balaban J connectivity index is 1.59. The summed E-state index contributed by atoms with van der Waals surface area (Å²) in [6, 6.07) is 4.14. The molecule has 1 fully saturated rings. The Morgan fingerprint density at radius 2 is 2.26 bits per heavy atom. The molecule has 23 heavy (non-hydrogen) atoms. The summed E-state index contributed by atoms with van der Waals surface area (Å²) in [4.78, 5) is 11.5. The number of rotatable bonds is 4. The summed E-state index contributed by atoms with van der Waals surface area (Å²) < 4.78 is 5.97. The third-order valence-corrected chi connectivity index (χ3v) is 5.09. The van der Waals surface area contributed by atoms with Gasteiger partial charge in [0.25, 0.3) is 0 Å². The van der Waals surface area contributed by atoms with Crippen LogP contribution >= 0.6 is 11.3 Å². The molecule has 2 aromatic heterocycles. The number of morpholine rings is 1. The number of hydrogen-bond acceptors (Lipinski definition) is 5. The number of pyridine rings is 1. The number of hydrogen-bond donors (Lipinski definition) is 0. The van der Waals surface area contributed by atoms with E-state index in [0.29, 0.717) is 0 Å². The van der Waals surface area contributed by atoms with Crippen molar-refractivity contribution >= 4 is 11.3 Å². The van der Waals surface area contributed by atoms with Crippen LogP contribution in [0.4, 0.5) is 0 Å². The summed E-state index contributed by atoms with van der Waals surface area (Å²) in [5, 5.41) is 3.29. The smallest absolute Gasteiger partial charge is 0.123 e. The molecule has 0 aliphatic carbocycles. The number of thiazole rings is 1. The third kappa shape index (κ3) is 4.37. The molecule has 1 saturated heterocycles. The summed E-state index contributed by atoms with van der Waals surface area (Å²) in [5.74, 6) is 0. The van der Waals surface area contributed by atoms with Crippen molar-refractivity contribution in [2.75, 3.05) is 26.2 Å². The number of aromatic nitrogens is 2. The fourth-order valence-electron chi connectivity index (χ4n) is 2.67. The molecule has 0 unspecified atom stereocenters. The summed E-state index contributed by atoms with van der Waals surface area (Å²) in [5.41, 5.74) is 2.55. The van der Waals surface area contributed by atoms with Gasteiger partial charge in [-0.3, -0.25) is 9.88 Å². The van der Waals surface area contributed by atoms with Gasteiger partial charge in [0.15, 0.2) is 0 Å². The summed E-state index contributed by atoms with van der Waals surface area (Å²) in [6.07, 6.45) is 4.92. The van der Waals surface area contributed by atoms with Crippen LogP contribution in [0.5, 0.6) is 0 Å². The van der Waals surface area contributed by atoms with E-state index in [1.54, 1.807) is 11.3 Å². The molecule has 1 aliphatic heterocycles. The highest BCUT2D eigenvalue weighted by molar-refractivity contribution is 7.09. The molecule has 0 amide bonds. The Kier molecular flexibility index (Phi) is 5.09. The molecule has 124 valence electrons. The lowest BCUT2D eigenvalue weighted by Gasteiger charge is -2.32. The molecular formula is C18H25N3OS. The zero-order valence-electron chi connectivity index (χ0n) is 14.2. The molecular weight excluding hydrogens is 306 g/mol. The van der Waals surface area contributed by atoms with Crippen molar-refractivity contribution in [3.8, 4) is 0 Å². The first-order chi connectivity index (χ1) is 11.0. The lowest BCUT2D eigenvalue weighted by molar-refractivity contribution is -0.0297. The van der Waals surface area contributed by atoms with E-state index in [2.05, 4.69) is 42.1 Å². The van der Waals surface area contributed by atoms with Crippen molar-refractivity contribution in [3.63, 3.8) is 0 Å². The van der Waals surface area contributed by atoms with Gasteiger partial charge in [0, 0.05) is 42.8 Å². The van der Waals surface area contributed by atoms with Gasteiger partial charge in [0.05, 0.1) is 12.3 Å². The van der Waals surface area contributed by atoms with Gasteiger partial charge < -0.3 is 4.74 Å². The van der Waals surface area contributed by atoms with Gasteiger partial charge in [-0.25, -0.2) is 4.98 Å². The summed E-state index contributed by atoms with van der Waals surface area (Å²) in [6.45, 7) is 10.4. The van der Waals surface area contributed by atoms with Crippen molar-refractivity contribution < 1.29 is 4.74 Å². The van der Waals surface area contributed by atoms with Crippen molar-refractivity contribution in [2.45, 2.75) is 38.7 Å². The first kappa shape index (κ1) is 16.6. The van der Waals surface area contributed by atoms with Gasteiger partial charge in [-0.1, -0.05) is 26.8 Å². The normalized spacial score (nSPS) is 19.9. The van der Waals surface area contributed by atoms with E-state index in [9.17, 15) is 0 Å². The van der Waals surface area contributed by atoms with Gasteiger partial charge in [-0.15, -0.1) is 11.3 Å². The summed E-state index contributed by atoms with van der Waals surface area (Å²) >= 11 is 1.73. The maximum atomic E-state index is 5.97. The highest BCUT2D eigenvalue weighted by atomic mass is 32.1. The van der Waals surface area contributed by atoms with E-state index in [1.165, 1.54) is 5.56 Å². The van der Waals surface area contributed by atoms with Crippen molar-refractivity contribution in [1.82, 2.24) is 14.9 Å². The van der Waals surface area contributed by atoms with Crippen LogP contribution in [0.1, 0.15) is 43.1 Å². The van der Waals surface area contributed by atoms with Gasteiger partial charge in [-0.2, -0.15) is 0 Å². The van der Waals surface area contributed by atoms with Gasteiger partial charge >= 0.3 is 0 Å². The first-order valence-electron chi connectivity index (χ1n) is 8.21. The standard InChI is InChI=1S/C18H25N3OS/c1-18(2,3)16-13-23-17(20-16)15-12-21(9-10-22-15)8-6-14-5-4-7-19-11-14/h4-5,7,11,13,15H,6,8-10,12H2,1-3H3/t15-/m1/s1. The van der Waals surface area contributed by atoms with Crippen LogP contribution in [0, 0.1) is 0 Å². The van der Waals surface area contributed by atoms with Gasteiger partial charge in [0.1, 0.15) is 11.1 Å². The third-order valence-electron chi connectivity index (χ3n) is 4.16. The Morgan fingerprint density at radius 1 is 1.39 bits per heavy atom. The minimum Gasteiger partial charge on any atom is -0.368 e. The predicted molar refractivity (Wildman–Crippen MR) is 93.9 cm³/mol. The fourth-order valence-corrected chi connectivity index (χ4v) is 3.75. The first-order valence-corrected chi connectivity index (χ1v) is 9.09. The quantitative estimate of drug-likeness (QED) is 0.860. The van der Waals surface area contributed by atoms with E-state index >= 15 is 0 Å². The highest BCUT2D eigenvalue weighted by Gasteiger charge is 2.26. The molecule has 3 heterocycles. The van der Waals surface area contributed by atoms with Crippen LogP contribution < -0.4 is 0 Å². The molecule has 0 radical (unpaired) electrons. The SMILES string of the molecule is CC(C)(C)c1csc([C@H]2CN(CCc3cccnc3)CCO2)n1. The molecule has 3 rings (SSSR count). The lowest BCUT2D eigenvalue weighted by Crippen LogP contribution is -2.39. The Bertz CT molecular complexity index is 621. The Labute approximate surface area is 142 Å². The minimum absolute atomic E-state index is 0.101. The largest absolute Gasteiger partial charge is 0.368 e. The van der Waals surface area contributed by atoms with E-state index < -0.39 is 0 Å². The molecule has 2 aromatic rings. The topological polar surface area (TPSA) is 38.2 Å². The monoisotopic (exact) mass is 331 g/mol. The molecule has 4 nitrogen and oxygen atoms in total. The Hall–Kier alpha value is -1.30. The lowest BCUT2D eigenvalue weighted by atomic mass is 9.93. The van der Waals surface area contributed by atoms with E-state index in [1.807, 2.05) is 18.5 Å². The maximum absolute atomic E-state index is 5.97. The van der Waals surface area contributed by atoms with Crippen LogP contribution in [0.3, 0.4) is 0 Å². The van der Waals surface area contributed by atoms with Gasteiger partial charge in [-0.05, 0) is 18.1 Å². The molecule has 0 spiro atoms. The van der Waals surface area contributed by atoms with Crippen LogP contribution in [0.15, 0.2) is 29.9 Å². The highest BCUT2D eigenvalue weighted by Crippen LogP contribution is 2.30. The fraction of sp³-hybridized carbons (Fsp3) is 0.556. The number of ether oxygens (including phenoxy) is 1. The minimum atomic E-state index is 0.101. The van der Waals surface area contributed by atoms with Crippen molar-refractivity contribution in [2.24, 2.45) is 0 Å². The molecule has 1 aliphatic rings. The molecule has 5 heteroatoms. The molecule has 1 atom stereocenters. The zero-order valence-corrected chi connectivity index (χ0v) is 15.0. The molecule has 0 saturated carbocycles. The molecule has 0 bridgehead atoms.